The van der Waals surface area contributed by atoms with E-state index < -0.39 is 0 Å². The molecule has 0 aromatic heterocycles. The van der Waals surface area contributed by atoms with Crippen molar-refractivity contribution in [1.29, 1.82) is 0 Å². The third kappa shape index (κ3) is 3.09. The minimum atomic E-state index is -0.336. The third-order valence-electron chi connectivity index (χ3n) is 2.29. The Morgan fingerprint density at radius 1 is 1.58 bits per heavy atom. The van der Waals surface area contributed by atoms with Crippen LogP contribution in [0.1, 0.15) is 26.2 Å². The first-order valence-corrected chi connectivity index (χ1v) is 4.90. The van der Waals surface area contributed by atoms with Gasteiger partial charge in [0.2, 0.25) is 0 Å². The average molecular weight is 172 g/mol. The highest BCUT2D eigenvalue weighted by molar-refractivity contribution is 4.85. The molecular formula is C9H20N2O. The van der Waals surface area contributed by atoms with Gasteiger partial charge in [0.25, 0.3) is 0 Å². The molecule has 1 unspecified atom stereocenters. The van der Waals surface area contributed by atoms with Gasteiger partial charge in [-0.3, -0.25) is 4.90 Å². The van der Waals surface area contributed by atoms with E-state index >= 15 is 0 Å². The minimum Gasteiger partial charge on any atom is -0.390 e. The Morgan fingerprint density at radius 2 is 2.25 bits per heavy atom. The summed E-state index contributed by atoms with van der Waals surface area (Å²) in [7, 11) is 0. The van der Waals surface area contributed by atoms with E-state index in [1.165, 1.54) is 12.8 Å². The SMILES string of the molecule is CCCN(CC(O)CN)C1CC1. The second-order valence-electron chi connectivity index (χ2n) is 3.62. The van der Waals surface area contributed by atoms with Gasteiger partial charge in [-0.05, 0) is 25.8 Å². The predicted octanol–water partition coefficient (Wildman–Crippen LogP) is 0.180. The van der Waals surface area contributed by atoms with Crippen LogP contribution in [0, 0.1) is 0 Å². The standard InChI is InChI=1S/C9H20N2O/c1-2-5-11(8-3-4-8)7-9(12)6-10/h8-9,12H,2-7,10H2,1H3. The number of aliphatic hydroxyl groups excluding tert-OH is 1. The van der Waals surface area contributed by atoms with Crippen LogP contribution in [-0.2, 0) is 0 Å². The molecule has 1 aliphatic carbocycles. The monoisotopic (exact) mass is 172 g/mol. The van der Waals surface area contributed by atoms with Crippen LogP contribution < -0.4 is 5.73 Å². The van der Waals surface area contributed by atoms with Crippen molar-refractivity contribution in [1.82, 2.24) is 4.90 Å². The largest absolute Gasteiger partial charge is 0.390 e. The van der Waals surface area contributed by atoms with Crippen LogP contribution in [0.15, 0.2) is 0 Å². The highest BCUT2D eigenvalue weighted by Crippen LogP contribution is 2.26. The fourth-order valence-electron chi connectivity index (χ4n) is 1.50. The highest BCUT2D eigenvalue weighted by atomic mass is 16.3. The van der Waals surface area contributed by atoms with Gasteiger partial charge in [0.15, 0.2) is 0 Å². The van der Waals surface area contributed by atoms with E-state index in [9.17, 15) is 5.11 Å². The second kappa shape index (κ2) is 4.80. The van der Waals surface area contributed by atoms with Crippen molar-refractivity contribution in [2.75, 3.05) is 19.6 Å². The quantitative estimate of drug-likeness (QED) is 0.601. The summed E-state index contributed by atoms with van der Waals surface area (Å²) in [4.78, 5) is 2.36. The van der Waals surface area contributed by atoms with Gasteiger partial charge in [-0.15, -0.1) is 0 Å². The van der Waals surface area contributed by atoms with E-state index in [1.54, 1.807) is 0 Å². The molecule has 3 heteroatoms. The van der Waals surface area contributed by atoms with Crippen LogP contribution in [0.25, 0.3) is 0 Å². The second-order valence-corrected chi connectivity index (χ2v) is 3.62. The lowest BCUT2D eigenvalue weighted by Gasteiger charge is -2.23. The molecule has 1 aliphatic rings. The first-order valence-electron chi connectivity index (χ1n) is 4.90. The van der Waals surface area contributed by atoms with E-state index in [0.29, 0.717) is 6.54 Å². The molecule has 1 rings (SSSR count). The van der Waals surface area contributed by atoms with Gasteiger partial charge in [0.1, 0.15) is 0 Å². The normalized spacial score (nSPS) is 20.0. The van der Waals surface area contributed by atoms with Crippen LogP contribution in [0.3, 0.4) is 0 Å². The predicted molar refractivity (Wildman–Crippen MR) is 49.9 cm³/mol. The van der Waals surface area contributed by atoms with Gasteiger partial charge in [-0.25, -0.2) is 0 Å². The first kappa shape index (κ1) is 9.96. The molecule has 0 heterocycles. The topological polar surface area (TPSA) is 49.5 Å². The van der Waals surface area contributed by atoms with Gasteiger partial charge < -0.3 is 10.8 Å². The van der Waals surface area contributed by atoms with Crippen LogP contribution in [0.5, 0.6) is 0 Å². The minimum absolute atomic E-state index is 0.336. The number of nitrogens with zero attached hydrogens (tertiary/aromatic N) is 1. The number of hydrogen-bond acceptors (Lipinski definition) is 3. The number of aliphatic hydroxyl groups is 1. The average Bonchev–Trinajstić information content (AvgIpc) is 2.86. The van der Waals surface area contributed by atoms with Crippen molar-refractivity contribution >= 4 is 0 Å². The summed E-state index contributed by atoms with van der Waals surface area (Å²) in [5, 5.41) is 9.36. The number of hydrogen-bond donors (Lipinski definition) is 2. The third-order valence-corrected chi connectivity index (χ3v) is 2.29. The first-order chi connectivity index (χ1) is 5.77. The summed E-state index contributed by atoms with van der Waals surface area (Å²) in [6.07, 6.45) is 3.43. The van der Waals surface area contributed by atoms with Gasteiger partial charge in [0.05, 0.1) is 6.10 Å². The van der Waals surface area contributed by atoms with Crippen molar-refractivity contribution < 1.29 is 5.11 Å². The summed E-state index contributed by atoms with van der Waals surface area (Å²) < 4.78 is 0. The van der Waals surface area contributed by atoms with E-state index in [0.717, 1.165) is 25.6 Å². The van der Waals surface area contributed by atoms with Crippen LogP contribution in [0.4, 0.5) is 0 Å². The van der Waals surface area contributed by atoms with E-state index in [2.05, 4.69) is 11.8 Å². The molecule has 1 atom stereocenters. The van der Waals surface area contributed by atoms with Crippen LogP contribution in [-0.4, -0.2) is 41.8 Å². The lowest BCUT2D eigenvalue weighted by Crippen LogP contribution is -2.38. The molecule has 72 valence electrons. The lowest BCUT2D eigenvalue weighted by atomic mass is 10.3. The summed E-state index contributed by atoms with van der Waals surface area (Å²) >= 11 is 0. The molecule has 0 spiro atoms. The Morgan fingerprint density at radius 3 is 2.67 bits per heavy atom. The van der Waals surface area contributed by atoms with Crippen molar-refractivity contribution in [3.05, 3.63) is 0 Å². The molecular weight excluding hydrogens is 152 g/mol. The zero-order chi connectivity index (χ0) is 8.97. The molecule has 0 aliphatic heterocycles. The molecule has 1 fully saturated rings. The molecule has 3 nitrogen and oxygen atoms in total. The Hall–Kier alpha value is -0.120. The molecule has 0 amide bonds. The Labute approximate surface area is 74.5 Å². The Bertz CT molecular complexity index is 126. The van der Waals surface area contributed by atoms with Gasteiger partial charge in [0, 0.05) is 19.1 Å². The van der Waals surface area contributed by atoms with Gasteiger partial charge in [-0.2, -0.15) is 0 Å². The van der Waals surface area contributed by atoms with Crippen molar-refractivity contribution in [2.45, 2.75) is 38.3 Å². The van der Waals surface area contributed by atoms with E-state index in [4.69, 9.17) is 5.73 Å². The lowest BCUT2D eigenvalue weighted by molar-refractivity contribution is 0.114. The van der Waals surface area contributed by atoms with Crippen molar-refractivity contribution in [3.8, 4) is 0 Å². The molecule has 0 aromatic rings. The molecule has 1 saturated carbocycles. The van der Waals surface area contributed by atoms with Gasteiger partial charge in [-0.1, -0.05) is 6.92 Å². The zero-order valence-corrected chi connectivity index (χ0v) is 7.87. The summed E-state index contributed by atoms with van der Waals surface area (Å²) in [5.41, 5.74) is 5.36. The Kier molecular flexibility index (Phi) is 3.98. The van der Waals surface area contributed by atoms with Crippen molar-refractivity contribution in [2.24, 2.45) is 5.73 Å². The molecule has 3 N–H and O–H groups in total. The summed E-state index contributed by atoms with van der Waals surface area (Å²) in [6, 6.07) is 0.742. The van der Waals surface area contributed by atoms with E-state index in [1.807, 2.05) is 0 Å². The maximum absolute atomic E-state index is 9.36. The maximum Gasteiger partial charge on any atom is 0.0789 e. The zero-order valence-electron chi connectivity index (χ0n) is 7.87. The fourth-order valence-corrected chi connectivity index (χ4v) is 1.50. The van der Waals surface area contributed by atoms with Crippen LogP contribution in [0.2, 0.25) is 0 Å². The maximum atomic E-state index is 9.36. The summed E-state index contributed by atoms with van der Waals surface area (Å²) in [5.74, 6) is 0. The smallest absolute Gasteiger partial charge is 0.0789 e. The number of nitrogens with two attached hydrogens (primary N) is 1. The van der Waals surface area contributed by atoms with E-state index in [-0.39, 0.29) is 6.10 Å². The van der Waals surface area contributed by atoms with Crippen molar-refractivity contribution in [3.63, 3.8) is 0 Å². The molecule has 0 saturated heterocycles. The molecule has 12 heavy (non-hydrogen) atoms. The van der Waals surface area contributed by atoms with Gasteiger partial charge >= 0.3 is 0 Å². The molecule has 0 bridgehead atoms. The highest BCUT2D eigenvalue weighted by Gasteiger charge is 2.28. The Balaban J connectivity index is 2.22. The fraction of sp³-hybridized carbons (Fsp3) is 1.00. The molecule has 0 aromatic carbocycles. The van der Waals surface area contributed by atoms with Crippen LogP contribution >= 0.6 is 0 Å². The number of rotatable bonds is 6. The molecule has 0 radical (unpaired) electrons. The summed E-state index contributed by atoms with van der Waals surface area (Å²) in [6.45, 7) is 4.41.